The van der Waals surface area contributed by atoms with Crippen molar-refractivity contribution < 1.29 is 4.74 Å². The summed E-state index contributed by atoms with van der Waals surface area (Å²) in [6.45, 7) is 3.64. The van der Waals surface area contributed by atoms with Gasteiger partial charge in [-0.3, -0.25) is 4.90 Å². The Morgan fingerprint density at radius 1 is 1.25 bits per heavy atom. The van der Waals surface area contributed by atoms with Crippen LogP contribution in [0.5, 0.6) is 0 Å². The fourth-order valence-corrected chi connectivity index (χ4v) is 1.69. The van der Waals surface area contributed by atoms with Gasteiger partial charge in [0.05, 0.1) is 6.61 Å². The van der Waals surface area contributed by atoms with E-state index in [1.54, 1.807) is 7.11 Å². The molecule has 0 fully saturated rings. The van der Waals surface area contributed by atoms with Gasteiger partial charge in [-0.25, -0.2) is 0 Å². The van der Waals surface area contributed by atoms with E-state index in [2.05, 4.69) is 41.5 Å². The molecule has 0 heterocycles. The van der Waals surface area contributed by atoms with Crippen LogP contribution >= 0.6 is 0 Å². The summed E-state index contributed by atoms with van der Waals surface area (Å²) in [5.41, 5.74) is 2.75. The lowest BCUT2D eigenvalue weighted by atomic mass is 10.1. The maximum atomic E-state index is 5.07. The molecule has 0 saturated heterocycles. The van der Waals surface area contributed by atoms with Crippen LogP contribution in [0.25, 0.3) is 0 Å². The number of hydrogen-bond acceptors (Lipinski definition) is 3. The smallest absolute Gasteiger partial charge is 0.0589 e. The van der Waals surface area contributed by atoms with Gasteiger partial charge < -0.3 is 10.1 Å². The predicted molar refractivity (Wildman–Crippen MR) is 67.4 cm³/mol. The van der Waals surface area contributed by atoms with E-state index < -0.39 is 0 Å². The Hall–Kier alpha value is -0.900. The molecule has 0 radical (unpaired) electrons. The lowest BCUT2D eigenvalue weighted by molar-refractivity contribution is 0.158. The van der Waals surface area contributed by atoms with E-state index in [4.69, 9.17) is 4.74 Å². The summed E-state index contributed by atoms with van der Waals surface area (Å²) in [6.07, 6.45) is 0. The molecule has 16 heavy (non-hydrogen) atoms. The van der Waals surface area contributed by atoms with Gasteiger partial charge in [0, 0.05) is 26.7 Å². The Morgan fingerprint density at radius 3 is 2.56 bits per heavy atom. The summed E-state index contributed by atoms with van der Waals surface area (Å²) >= 11 is 0. The standard InChI is InChI=1S/C13H22N2O/c1-14-10-12-6-4-5-7-13(12)11-15(2)8-9-16-3/h4-7,14H,8-11H2,1-3H3. The zero-order valence-corrected chi connectivity index (χ0v) is 10.5. The van der Waals surface area contributed by atoms with Crippen molar-refractivity contribution in [3.63, 3.8) is 0 Å². The molecule has 3 nitrogen and oxygen atoms in total. The van der Waals surface area contributed by atoms with Crippen LogP contribution in [0.2, 0.25) is 0 Å². The predicted octanol–water partition coefficient (Wildman–Crippen LogP) is 1.48. The van der Waals surface area contributed by atoms with Gasteiger partial charge >= 0.3 is 0 Å². The maximum Gasteiger partial charge on any atom is 0.0589 e. The van der Waals surface area contributed by atoms with E-state index in [0.717, 1.165) is 26.2 Å². The molecule has 0 amide bonds. The van der Waals surface area contributed by atoms with Gasteiger partial charge in [0.15, 0.2) is 0 Å². The van der Waals surface area contributed by atoms with Crippen LogP contribution in [0, 0.1) is 0 Å². The first kappa shape index (κ1) is 13.2. The zero-order chi connectivity index (χ0) is 11.8. The van der Waals surface area contributed by atoms with Crippen LogP contribution in [-0.4, -0.2) is 39.3 Å². The summed E-state index contributed by atoms with van der Waals surface area (Å²) in [5.74, 6) is 0. The number of likely N-dealkylation sites (N-methyl/N-ethyl adjacent to an activating group) is 1. The summed E-state index contributed by atoms with van der Waals surface area (Å²) in [6, 6.07) is 8.55. The maximum absolute atomic E-state index is 5.07. The number of nitrogens with one attached hydrogen (secondary N) is 1. The average molecular weight is 222 g/mol. The molecule has 90 valence electrons. The van der Waals surface area contributed by atoms with Crippen molar-refractivity contribution in [2.45, 2.75) is 13.1 Å². The van der Waals surface area contributed by atoms with Crippen molar-refractivity contribution in [1.82, 2.24) is 10.2 Å². The minimum Gasteiger partial charge on any atom is -0.383 e. The van der Waals surface area contributed by atoms with Crippen molar-refractivity contribution in [2.24, 2.45) is 0 Å². The van der Waals surface area contributed by atoms with Crippen molar-refractivity contribution in [1.29, 1.82) is 0 Å². The van der Waals surface area contributed by atoms with E-state index in [1.165, 1.54) is 11.1 Å². The molecule has 1 rings (SSSR count). The minimum absolute atomic E-state index is 0.782. The summed E-state index contributed by atoms with van der Waals surface area (Å²) in [4.78, 5) is 2.28. The molecule has 0 aliphatic rings. The first-order valence-corrected chi connectivity index (χ1v) is 5.66. The second-order valence-corrected chi connectivity index (χ2v) is 4.03. The van der Waals surface area contributed by atoms with Crippen molar-refractivity contribution in [3.8, 4) is 0 Å². The average Bonchev–Trinajstić information content (AvgIpc) is 2.29. The third kappa shape index (κ3) is 4.31. The first-order chi connectivity index (χ1) is 7.77. The Kier molecular flexibility index (Phi) is 6.08. The zero-order valence-electron chi connectivity index (χ0n) is 10.5. The van der Waals surface area contributed by atoms with Crippen molar-refractivity contribution in [2.75, 3.05) is 34.4 Å². The number of rotatable bonds is 7. The lowest BCUT2D eigenvalue weighted by Crippen LogP contribution is -2.23. The molecule has 0 spiro atoms. The number of methoxy groups -OCH3 is 1. The number of nitrogens with zero attached hydrogens (tertiary/aromatic N) is 1. The van der Waals surface area contributed by atoms with E-state index in [9.17, 15) is 0 Å². The normalized spacial score (nSPS) is 11.0. The van der Waals surface area contributed by atoms with Crippen LogP contribution in [0.3, 0.4) is 0 Å². The van der Waals surface area contributed by atoms with Gasteiger partial charge in [0.1, 0.15) is 0 Å². The van der Waals surface area contributed by atoms with Crippen molar-refractivity contribution >= 4 is 0 Å². The Morgan fingerprint density at radius 2 is 1.94 bits per heavy atom. The molecule has 0 atom stereocenters. The summed E-state index contributed by atoms with van der Waals surface area (Å²) < 4.78 is 5.07. The second-order valence-electron chi connectivity index (χ2n) is 4.03. The monoisotopic (exact) mass is 222 g/mol. The Balaban J connectivity index is 2.57. The van der Waals surface area contributed by atoms with Crippen LogP contribution in [0.1, 0.15) is 11.1 Å². The van der Waals surface area contributed by atoms with Crippen LogP contribution < -0.4 is 5.32 Å². The third-order valence-corrected chi connectivity index (χ3v) is 2.60. The quantitative estimate of drug-likeness (QED) is 0.756. The molecule has 1 aromatic rings. The molecule has 0 unspecified atom stereocenters. The highest BCUT2D eigenvalue weighted by Crippen LogP contribution is 2.10. The highest BCUT2D eigenvalue weighted by Gasteiger charge is 2.04. The van der Waals surface area contributed by atoms with Crippen LogP contribution in [0.15, 0.2) is 24.3 Å². The highest BCUT2D eigenvalue weighted by molar-refractivity contribution is 5.26. The molecular weight excluding hydrogens is 200 g/mol. The lowest BCUT2D eigenvalue weighted by Gasteiger charge is -2.18. The molecule has 0 saturated carbocycles. The number of ether oxygens (including phenoxy) is 1. The largest absolute Gasteiger partial charge is 0.383 e. The van der Waals surface area contributed by atoms with Gasteiger partial charge in [0.25, 0.3) is 0 Å². The Labute approximate surface area is 98.4 Å². The third-order valence-electron chi connectivity index (χ3n) is 2.60. The molecule has 0 aliphatic carbocycles. The van der Waals surface area contributed by atoms with E-state index in [0.29, 0.717) is 0 Å². The minimum atomic E-state index is 0.782. The summed E-state index contributed by atoms with van der Waals surface area (Å²) in [7, 11) is 5.84. The fourth-order valence-electron chi connectivity index (χ4n) is 1.69. The summed E-state index contributed by atoms with van der Waals surface area (Å²) in [5, 5.41) is 3.20. The second kappa shape index (κ2) is 7.39. The van der Waals surface area contributed by atoms with E-state index in [-0.39, 0.29) is 0 Å². The van der Waals surface area contributed by atoms with Crippen LogP contribution in [-0.2, 0) is 17.8 Å². The van der Waals surface area contributed by atoms with Crippen LogP contribution in [0.4, 0.5) is 0 Å². The molecule has 0 bridgehead atoms. The fraction of sp³-hybridized carbons (Fsp3) is 0.538. The molecule has 1 N–H and O–H groups in total. The van der Waals surface area contributed by atoms with Gasteiger partial charge in [-0.2, -0.15) is 0 Å². The number of benzene rings is 1. The first-order valence-electron chi connectivity index (χ1n) is 5.66. The SMILES string of the molecule is CNCc1ccccc1CN(C)CCOC. The van der Waals surface area contributed by atoms with Gasteiger partial charge in [-0.05, 0) is 25.2 Å². The molecule has 3 heteroatoms. The molecular formula is C13H22N2O. The molecule has 0 aliphatic heterocycles. The van der Waals surface area contributed by atoms with E-state index >= 15 is 0 Å². The van der Waals surface area contributed by atoms with Gasteiger partial charge in [-0.15, -0.1) is 0 Å². The van der Waals surface area contributed by atoms with Crippen molar-refractivity contribution in [3.05, 3.63) is 35.4 Å². The van der Waals surface area contributed by atoms with Gasteiger partial charge in [-0.1, -0.05) is 24.3 Å². The number of hydrogen-bond donors (Lipinski definition) is 1. The Bertz CT molecular complexity index is 302. The topological polar surface area (TPSA) is 24.5 Å². The molecule has 1 aromatic carbocycles. The van der Waals surface area contributed by atoms with Gasteiger partial charge in [0.2, 0.25) is 0 Å². The highest BCUT2D eigenvalue weighted by atomic mass is 16.5. The molecule has 0 aromatic heterocycles. The van der Waals surface area contributed by atoms with E-state index in [1.807, 2.05) is 7.05 Å².